The topological polar surface area (TPSA) is 57.5 Å². The van der Waals surface area contributed by atoms with Crippen LogP contribution >= 0.6 is 11.3 Å². The molecule has 2 aromatic heterocycles. The number of aliphatic imine (C=N–C) groups is 1. The van der Waals surface area contributed by atoms with Gasteiger partial charge in [-0.05, 0) is 37.4 Å². The second-order valence-corrected chi connectivity index (χ2v) is 7.09. The summed E-state index contributed by atoms with van der Waals surface area (Å²) in [5, 5.41) is 8.48. The third-order valence-corrected chi connectivity index (χ3v) is 5.49. The molecule has 1 aliphatic rings. The predicted octanol–water partition coefficient (Wildman–Crippen LogP) is 2.84. The number of nitrogens with one attached hydrogen (secondary N) is 2. The molecule has 0 amide bonds. The van der Waals surface area contributed by atoms with Crippen LogP contribution in [-0.2, 0) is 6.54 Å². The SMILES string of the molecule is CN=C(NCc1nccn1C(F)F)NCC(c1cccs1)N1CCCC1. The molecule has 3 heterocycles. The maximum atomic E-state index is 12.9. The van der Waals surface area contributed by atoms with Crippen LogP contribution in [0.3, 0.4) is 0 Å². The molecule has 142 valence electrons. The van der Waals surface area contributed by atoms with E-state index >= 15 is 0 Å². The van der Waals surface area contributed by atoms with Crippen LogP contribution in [0.15, 0.2) is 34.9 Å². The molecule has 26 heavy (non-hydrogen) atoms. The molecule has 0 spiro atoms. The van der Waals surface area contributed by atoms with Gasteiger partial charge in [0.25, 0.3) is 0 Å². The first-order chi connectivity index (χ1) is 12.7. The van der Waals surface area contributed by atoms with Crippen molar-refractivity contribution in [2.24, 2.45) is 4.99 Å². The van der Waals surface area contributed by atoms with E-state index in [-0.39, 0.29) is 12.4 Å². The standard InChI is InChI=1S/C17H24F2N6S/c1-20-17(23-12-15-21-6-9-25(15)16(18)19)22-11-13(14-5-4-10-26-14)24-7-2-3-8-24/h4-6,9-10,13,16H,2-3,7-8,11-12H2,1H3,(H2,20,22,23). The Morgan fingerprint density at radius 3 is 2.81 bits per heavy atom. The fourth-order valence-electron chi connectivity index (χ4n) is 3.18. The number of imidazole rings is 1. The highest BCUT2D eigenvalue weighted by Gasteiger charge is 2.24. The average Bonchev–Trinajstić information content (AvgIpc) is 3.40. The maximum absolute atomic E-state index is 12.9. The quantitative estimate of drug-likeness (QED) is 0.571. The summed E-state index contributed by atoms with van der Waals surface area (Å²) in [6.45, 7) is 0.501. The van der Waals surface area contributed by atoms with Crippen LogP contribution in [0.1, 0.15) is 36.1 Å². The van der Waals surface area contributed by atoms with Crippen LogP contribution in [-0.4, -0.2) is 47.1 Å². The summed E-state index contributed by atoms with van der Waals surface area (Å²) in [4.78, 5) is 12.0. The van der Waals surface area contributed by atoms with Crippen molar-refractivity contribution in [1.29, 1.82) is 0 Å². The first kappa shape index (κ1) is 18.8. The second-order valence-electron chi connectivity index (χ2n) is 6.11. The zero-order chi connectivity index (χ0) is 18.4. The lowest BCUT2D eigenvalue weighted by Gasteiger charge is -2.27. The van der Waals surface area contributed by atoms with E-state index in [2.05, 4.69) is 43.0 Å². The van der Waals surface area contributed by atoms with E-state index in [1.54, 1.807) is 18.4 Å². The molecule has 1 unspecified atom stereocenters. The van der Waals surface area contributed by atoms with Gasteiger partial charge in [0.1, 0.15) is 5.82 Å². The lowest BCUT2D eigenvalue weighted by Crippen LogP contribution is -2.42. The van der Waals surface area contributed by atoms with Gasteiger partial charge < -0.3 is 10.6 Å². The number of hydrogen-bond donors (Lipinski definition) is 2. The minimum atomic E-state index is -2.59. The lowest BCUT2D eigenvalue weighted by molar-refractivity contribution is 0.0668. The van der Waals surface area contributed by atoms with E-state index in [1.165, 1.54) is 30.1 Å². The number of alkyl halides is 2. The Morgan fingerprint density at radius 1 is 1.35 bits per heavy atom. The van der Waals surface area contributed by atoms with Gasteiger partial charge in [0.05, 0.1) is 12.6 Å². The highest BCUT2D eigenvalue weighted by atomic mass is 32.1. The zero-order valence-corrected chi connectivity index (χ0v) is 15.6. The molecule has 2 aromatic rings. The van der Waals surface area contributed by atoms with Gasteiger partial charge in [-0.3, -0.25) is 14.5 Å². The molecule has 2 N–H and O–H groups in total. The van der Waals surface area contributed by atoms with E-state index in [0.29, 0.717) is 18.5 Å². The number of likely N-dealkylation sites (tertiary alicyclic amines) is 1. The molecule has 3 rings (SSSR count). The molecule has 9 heteroatoms. The van der Waals surface area contributed by atoms with Crippen molar-refractivity contribution in [1.82, 2.24) is 25.1 Å². The second kappa shape index (κ2) is 9.09. The smallest absolute Gasteiger partial charge is 0.319 e. The van der Waals surface area contributed by atoms with Crippen molar-refractivity contribution in [3.8, 4) is 0 Å². The summed E-state index contributed by atoms with van der Waals surface area (Å²) in [5.41, 5.74) is 0. The number of guanidine groups is 1. The summed E-state index contributed by atoms with van der Waals surface area (Å²) in [7, 11) is 1.67. The Morgan fingerprint density at radius 2 is 2.15 bits per heavy atom. The van der Waals surface area contributed by atoms with Gasteiger partial charge in [-0.15, -0.1) is 11.3 Å². The van der Waals surface area contributed by atoms with E-state index in [4.69, 9.17) is 0 Å². The minimum absolute atomic E-state index is 0.185. The fourth-order valence-corrected chi connectivity index (χ4v) is 4.04. The zero-order valence-electron chi connectivity index (χ0n) is 14.7. The molecule has 1 aliphatic heterocycles. The summed E-state index contributed by atoms with van der Waals surface area (Å²) < 4.78 is 26.6. The first-order valence-electron chi connectivity index (χ1n) is 8.71. The van der Waals surface area contributed by atoms with Gasteiger partial charge in [0, 0.05) is 30.9 Å². The molecule has 0 aliphatic carbocycles. The molecule has 0 radical (unpaired) electrons. The Labute approximate surface area is 155 Å². The molecule has 1 atom stereocenters. The van der Waals surface area contributed by atoms with E-state index in [1.807, 2.05) is 0 Å². The van der Waals surface area contributed by atoms with Gasteiger partial charge in [0.15, 0.2) is 5.96 Å². The Balaban J connectivity index is 1.57. The van der Waals surface area contributed by atoms with Crippen LogP contribution in [0, 0.1) is 0 Å². The molecule has 0 aromatic carbocycles. The van der Waals surface area contributed by atoms with E-state index in [9.17, 15) is 8.78 Å². The third kappa shape index (κ3) is 4.59. The van der Waals surface area contributed by atoms with Crippen molar-refractivity contribution in [2.45, 2.75) is 32.0 Å². The molecule has 0 saturated carbocycles. The Hall–Kier alpha value is -2.00. The fraction of sp³-hybridized carbons (Fsp3) is 0.529. The summed E-state index contributed by atoms with van der Waals surface area (Å²) >= 11 is 1.76. The highest BCUT2D eigenvalue weighted by Crippen LogP contribution is 2.27. The van der Waals surface area contributed by atoms with Crippen molar-refractivity contribution >= 4 is 17.3 Å². The molecule has 1 fully saturated rings. The van der Waals surface area contributed by atoms with Crippen molar-refractivity contribution in [2.75, 3.05) is 26.7 Å². The largest absolute Gasteiger partial charge is 0.354 e. The minimum Gasteiger partial charge on any atom is -0.354 e. The molecule has 0 bridgehead atoms. The summed E-state index contributed by atoms with van der Waals surface area (Å²) in [6.07, 6.45) is 5.11. The van der Waals surface area contributed by atoms with Crippen LogP contribution in [0.4, 0.5) is 8.78 Å². The number of thiophene rings is 1. The van der Waals surface area contributed by atoms with Gasteiger partial charge >= 0.3 is 6.55 Å². The van der Waals surface area contributed by atoms with Crippen molar-refractivity contribution in [3.05, 3.63) is 40.6 Å². The van der Waals surface area contributed by atoms with Crippen LogP contribution in [0.2, 0.25) is 0 Å². The molecule has 6 nitrogen and oxygen atoms in total. The average molecular weight is 382 g/mol. The third-order valence-electron chi connectivity index (χ3n) is 4.51. The number of hydrogen-bond acceptors (Lipinski definition) is 4. The predicted molar refractivity (Wildman–Crippen MR) is 99.5 cm³/mol. The molecular weight excluding hydrogens is 358 g/mol. The first-order valence-corrected chi connectivity index (χ1v) is 9.59. The molecular formula is C17H24F2N6S. The number of halogens is 2. The highest BCUT2D eigenvalue weighted by molar-refractivity contribution is 7.10. The lowest BCUT2D eigenvalue weighted by atomic mass is 10.2. The van der Waals surface area contributed by atoms with Gasteiger partial charge in [-0.1, -0.05) is 6.07 Å². The van der Waals surface area contributed by atoms with Crippen LogP contribution < -0.4 is 10.6 Å². The monoisotopic (exact) mass is 382 g/mol. The molecule has 1 saturated heterocycles. The summed E-state index contributed by atoms with van der Waals surface area (Å²) in [5.74, 6) is 0.854. The van der Waals surface area contributed by atoms with Crippen LogP contribution in [0.5, 0.6) is 0 Å². The van der Waals surface area contributed by atoms with Crippen molar-refractivity contribution < 1.29 is 8.78 Å². The number of aromatic nitrogens is 2. The Bertz CT molecular complexity index is 694. The normalized spacial score (nSPS) is 17.0. The van der Waals surface area contributed by atoms with E-state index < -0.39 is 6.55 Å². The van der Waals surface area contributed by atoms with Gasteiger partial charge in [-0.25, -0.2) is 4.98 Å². The van der Waals surface area contributed by atoms with Gasteiger partial charge in [-0.2, -0.15) is 8.78 Å². The number of rotatable bonds is 7. The van der Waals surface area contributed by atoms with E-state index in [0.717, 1.165) is 17.7 Å². The van der Waals surface area contributed by atoms with Crippen LogP contribution in [0.25, 0.3) is 0 Å². The maximum Gasteiger partial charge on any atom is 0.319 e. The Kier molecular flexibility index (Phi) is 6.56. The summed E-state index contributed by atoms with van der Waals surface area (Å²) in [6, 6.07) is 4.52. The van der Waals surface area contributed by atoms with Crippen molar-refractivity contribution in [3.63, 3.8) is 0 Å². The van der Waals surface area contributed by atoms with Gasteiger partial charge in [0.2, 0.25) is 0 Å². The number of nitrogens with zero attached hydrogens (tertiary/aromatic N) is 4.